The highest BCUT2D eigenvalue weighted by Gasteiger charge is 2.16. The van der Waals surface area contributed by atoms with Crippen LogP contribution in [0.4, 0.5) is 0 Å². The number of nitrogens with one attached hydrogen (secondary N) is 1. The third-order valence-corrected chi connectivity index (χ3v) is 3.25. The van der Waals surface area contributed by atoms with Gasteiger partial charge in [0.1, 0.15) is 0 Å². The summed E-state index contributed by atoms with van der Waals surface area (Å²) in [6.45, 7) is 3.96. The zero-order chi connectivity index (χ0) is 13.1. The van der Waals surface area contributed by atoms with Crippen molar-refractivity contribution in [1.29, 1.82) is 0 Å². The van der Waals surface area contributed by atoms with Gasteiger partial charge in [-0.05, 0) is 30.2 Å². The molecule has 0 amide bonds. The number of hydrogen-bond donors (Lipinski definition) is 1. The number of rotatable bonds is 4. The number of fused-ring (bicyclic) bond motifs is 1. The minimum absolute atomic E-state index is 0.315. The summed E-state index contributed by atoms with van der Waals surface area (Å²) in [6.07, 6.45) is 3.70. The number of ether oxygens (including phenoxy) is 2. The van der Waals surface area contributed by atoms with Gasteiger partial charge in [0.25, 0.3) is 0 Å². The van der Waals surface area contributed by atoms with E-state index < -0.39 is 0 Å². The average molecular weight is 256 g/mol. The molecule has 2 aromatic rings. The number of aryl methyl sites for hydroxylation is 1. The lowest BCUT2D eigenvalue weighted by atomic mass is 10.1. The monoisotopic (exact) mass is 256 g/mol. The highest BCUT2D eigenvalue weighted by atomic mass is 16.7. The molecule has 1 aliphatic rings. The van der Waals surface area contributed by atoms with E-state index in [1.807, 2.05) is 30.6 Å². The number of para-hydroxylation sites is 1. The first kappa shape index (κ1) is 12.0. The molecule has 0 saturated carbocycles. The van der Waals surface area contributed by atoms with Crippen LogP contribution in [-0.4, -0.2) is 11.8 Å². The Labute approximate surface area is 112 Å². The van der Waals surface area contributed by atoms with Gasteiger partial charge in [-0.25, -0.2) is 0 Å². The van der Waals surface area contributed by atoms with Gasteiger partial charge in [0.15, 0.2) is 11.5 Å². The van der Waals surface area contributed by atoms with Crippen molar-refractivity contribution in [3.63, 3.8) is 0 Å². The lowest BCUT2D eigenvalue weighted by Crippen LogP contribution is -2.14. The molecule has 2 heterocycles. The summed E-state index contributed by atoms with van der Waals surface area (Å²) in [4.78, 5) is 4.09. The number of hydrogen-bond acceptors (Lipinski definition) is 4. The molecular weight excluding hydrogens is 240 g/mol. The van der Waals surface area contributed by atoms with Crippen LogP contribution in [0, 0.1) is 6.92 Å². The van der Waals surface area contributed by atoms with Gasteiger partial charge < -0.3 is 14.8 Å². The van der Waals surface area contributed by atoms with Crippen molar-refractivity contribution in [3.8, 4) is 11.5 Å². The Morgan fingerprint density at radius 3 is 2.95 bits per heavy atom. The van der Waals surface area contributed by atoms with Gasteiger partial charge in [0.2, 0.25) is 6.79 Å². The summed E-state index contributed by atoms with van der Waals surface area (Å²) < 4.78 is 10.8. The number of nitrogens with zero attached hydrogens (tertiary/aromatic N) is 1. The topological polar surface area (TPSA) is 43.4 Å². The van der Waals surface area contributed by atoms with Gasteiger partial charge in [-0.15, -0.1) is 0 Å². The largest absolute Gasteiger partial charge is 0.454 e. The summed E-state index contributed by atoms with van der Waals surface area (Å²) in [7, 11) is 0. The molecule has 19 heavy (non-hydrogen) atoms. The molecule has 3 rings (SSSR count). The Morgan fingerprint density at radius 1 is 1.16 bits per heavy atom. The van der Waals surface area contributed by atoms with Crippen LogP contribution in [0.1, 0.15) is 16.7 Å². The van der Waals surface area contributed by atoms with Gasteiger partial charge in [-0.1, -0.05) is 12.1 Å². The molecular formula is C15H16N2O2. The molecule has 0 atom stereocenters. The average Bonchev–Trinajstić information content (AvgIpc) is 2.90. The molecule has 98 valence electrons. The third kappa shape index (κ3) is 2.53. The van der Waals surface area contributed by atoms with Crippen LogP contribution in [0.25, 0.3) is 0 Å². The molecule has 1 aromatic heterocycles. The fourth-order valence-corrected chi connectivity index (χ4v) is 2.16. The Kier molecular flexibility index (Phi) is 3.33. The van der Waals surface area contributed by atoms with E-state index in [-0.39, 0.29) is 0 Å². The first-order valence-electron chi connectivity index (χ1n) is 6.32. The molecule has 4 nitrogen and oxygen atoms in total. The second kappa shape index (κ2) is 5.28. The lowest BCUT2D eigenvalue weighted by molar-refractivity contribution is 0.173. The van der Waals surface area contributed by atoms with E-state index in [4.69, 9.17) is 9.47 Å². The first-order valence-corrected chi connectivity index (χ1v) is 6.32. The Hall–Kier alpha value is -2.07. The predicted molar refractivity (Wildman–Crippen MR) is 72.1 cm³/mol. The van der Waals surface area contributed by atoms with Crippen molar-refractivity contribution in [2.75, 3.05) is 6.79 Å². The number of aromatic nitrogens is 1. The molecule has 0 spiro atoms. The maximum atomic E-state index is 5.48. The highest BCUT2D eigenvalue weighted by Crippen LogP contribution is 2.35. The van der Waals surface area contributed by atoms with Crippen LogP contribution in [0.5, 0.6) is 11.5 Å². The SMILES string of the molecule is Cc1cnccc1CNCc1cccc2c1OCO2. The van der Waals surface area contributed by atoms with Gasteiger partial charge in [0, 0.05) is 31.0 Å². The minimum Gasteiger partial charge on any atom is -0.454 e. The van der Waals surface area contributed by atoms with E-state index in [2.05, 4.69) is 23.3 Å². The predicted octanol–water partition coefficient (Wildman–Crippen LogP) is 2.41. The van der Waals surface area contributed by atoms with Crippen molar-refractivity contribution in [2.45, 2.75) is 20.0 Å². The van der Waals surface area contributed by atoms with Gasteiger partial charge >= 0.3 is 0 Å². The smallest absolute Gasteiger partial charge is 0.231 e. The molecule has 1 aromatic carbocycles. The van der Waals surface area contributed by atoms with Crippen molar-refractivity contribution in [1.82, 2.24) is 10.3 Å². The quantitative estimate of drug-likeness (QED) is 0.912. The van der Waals surface area contributed by atoms with Crippen molar-refractivity contribution < 1.29 is 9.47 Å². The Bertz CT molecular complexity index is 584. The van der Waals surface area contributed by atoms with Crippen molar-refractivity contribution >= 4 is 0 Å². The fraction of sp³-hybridized carbons (Fsp3) is 0.267. The van der Waals surface area contributed by atoms with Gasteiger partial charge in [-0.3, -0.25) is 4.98 Å². The van der Waals surface area contributed by atoms with E-state index in [9.17, 15) is 0 Å². The molecule has 1 N–H and O–H groups in total. The standard InChI is InChI=1S/C15H16N2O2/c1-11-7-16-6-5-12(11)8-17-9-13-3-2-4-14-15(13)19-10-18-14/h2-7,17H,8-10H2,1H3. The normalized spacial score (nSPS) is 12.7. The van der Waals surface area contributed by atoms with Crippen LogP contribution in [0.2, 0.25) is 0 Å². The third-order valence-electron chi connectivity index (χ3n) is 3.25. The number of pyridine rings is 1. The highest BCUT2D eigenvalue weighted by molar-refractivity contribution is 5.48. The van der Waals surface area contributed by atoms with Crippen LogP contribution >= 0.6 is 0 Å². The molecule has 0 aliphatic carbocycles. The van der Waals surface area contributed by atoms with E-state index >= 15 is 0 Å². The minimum atomic E-state index is 0.315. The fourth-order valence-electron chi connectivity index (χ4n) is 2.16. The van der Waals surface area contributed by atoms with Crippen LogP contribution < -0.4 is 14.8 Å². The first-order chi connectivity index (χ1) is 9.34. The molecule has 0 bridgehead atoms. The maximum Gasteiger partial charge on any atom is 0.231 e. The second-order valence-corrected chi connectivity index (χ2v) is 4.56. The summed E-state index contributed by atoms with van der Waals surface area (Å²) in [5, 5.41) is 3.43. The van der Waals surface area contributed by atoms with E-state index in [0.717, 1.165) is 30.2 Å². The van der Waals surface area contributed by atoms with Crippen LogP contribution in [-0.2, 0) is 13.1 Å². The molecule has 4 heteroatoms. The Morgan fingerprint density at radius 2 is 2.05 bits per heavy atom. The molecule has 0 unspecified atom stereocenters. The van der Waals surface area contributed by atoms with E-state index in [1.54, 1.807) is 0 Å². The van der Waals surface area contributed by atoms with E-state index in [1.165, 1.54) is 11.1 Å². The van der Waals surface area contributed by atoms with Crippen molar-refractivity contribution in [3.05, 3.63) is 53.3 Å². The summed E-state index contributed by atoms with van der Waals surface area (Å²) in [5.41, 5.74) is 3.59. The Balaban J connectivity index is 1.65. The lowest BCUT2D eigenvalue weighted by Gasteiger charge is -2.09. The zero-order valence-corrected chi connectivity index (χ0v) is 10.8. The molecule has 1 aliphatic heterocycles. The maximum absolute atomic E-state index is 5.48. The zero-order valence-electron chi connectivity index (χ0n) is 10.8. The molecule has 0 radical (unpaired) electrons. The summed E-state index contributed by atoms with van der Waals surface area (Å²) >= 11 is 0. The van der Waals surface area contributed by atoms with E-state index in [0.29, 0.717) is 6.79 Å². The number of benzene rings is 1. The second-order valence-electron chi connectivity index (χ2n) is 4.56. The van der Waals surface area contributed by atoms with Gasteiger partial charge in [-0.2, -0.15) is 0 Å². The van der Waals surface area contributed by atoms with Gasteiger partial charge in [0.05, 0.1) is 0 Å². The summed E-state index contributed by atoms with van der Waals surface area (Å²) in [5.74, 6) is 1.70. The molecule has 0 fully saturated rings. The van der Waals surface area contributed by atoms with Crippen LogP contribution in [0.15, 0.2) is 36.7 Å². The summed E-state index contributed by atoms with van der Waals surface area (Å²) in [6, 6.07) is 8.01. The molecule has 0 saturated heterocycles. The van der Waals surface area contributed by atoms with Crippen molar-refractivity contribution in [2.24, 2.45) is 0 Å². The van der Waals surface area contributed by atoms with Crippen LogP contribution in [0.3, 0.4) is 0 Å².